The minimum atomic E-state index is -4.63. The van der Waals surface area contributed by atoms with Gasteiger partial charge in [0.1, 0.15) is 10.6 Å². The highest BCUT2D eigenvalue weighted by Gasteiger charge is 2.48. The fourth-order valence-electron chi connectivity index (χ4n) is 2.48. The summed E-state index contributed by atoms with van der Waals surface area (Å²) in [5.41, 5.74) is 4.75. The number of hydrogen-bond acceptors (Lipinski definition) is 4. The summed E-state index contributed by atoms with van der Waals surface area (Å²) in [6.45, 7) is 5.80. The Bertz CT molecular complexity index is 622. The van der Waals surface area contributed by atoms with Crippen LogP contribution in [0.1, 0.15) is 32.1 Å². The molecule has 0 saturated heterocycles. The van der Waals surface area contributed by atoms with E-state index in [0.29, 0.717) is 11.6 Å². The van der Waals surface area contributed by atoms with E-state index in [9.17, 15) is 18.0 Å². The third kappa shape index (κ3) is 3.85. The van der Waals surface area contributed by atoms with Crippen molar-refractivity contribution in [1.82, 2.24) is 0 Å². The minimum Gasteiger partial charge on any atom is -0.365 e. The van der Waals surface area contributed by atoms with Gasteiger partial charge >= 0.3 is 6.18 Å². The maximum Gasteiger partial charge on any atom is 0.432 e. The van der Waals surface area contributed by atoms with Crippen LogP contribution in [0.25, 0.3) is 0 Å². The quantitative estimate of drug-likeness (QED) is 0.837. The molecule has 1 aromatic heterocycles. The summed E-state index contributed by atoms with van der Waals surface area (Å²) in [6.07, 6.45) is -3.01. The molecule has 1 unspecified atom stereocenters. The Morgan fingerprint density at radius 3 is 2.61 bits per heavy atom. The van der Waals surface area contributed by atoms with Gasteiger partial charge in [0.2, 0.25) is 0 Å². The normalized spacial score (nSPS) is 19.1. The lowest BCUT2D eigenvalue weighted by atomic mass is 10.1. The standard InChI is InChI=1S/C15H19F3N2OS2/c1-8(2)4-5-11-10(6-7-22-11)20-9(3)23-12(14(19)21)13(20)15(16,17)18/h6-9H,4-5H2,1-3H3,(H2,19,21). The van der Waals surface area contributed by atoms with Crippen molar-refractivity contribution in [2.45, 2.75) is 45.2 Å². The number of rotatable bonds is 5. The first kappa shape index (κ1) is 18.2. The molecular weight excluding hydrogens is 345 g/mol. The molecule has 0 bridgehead atoms. The molecule has 2 N–H and O–H groups in total. The number of primary amides is 1. The largest absolute Gasteiger partial charge is 0.432 e. The minimum absolute atomic E-state index is 0.411. The van der Waals surface area contributed by atoms with Crippen LogP contribution >= 0.6 is 23.1 Å². The van der Waals surface area contributed by atoms with Crippen LogP contribution in [-0.2, 0) is 11.2 Å². The number of alkyl halides is 3. The van der Waals surface area contributed by atoms with Crippen molar-refractivity contribution in [2.75, 3.05) is 4.90 Å². The lowest BCUT2D eigenvalue weighted by Gasteiger charge is -2.28. The fraction of sp³-hybridized carbons (Fsp3) is 0.533. The van der Waals surface area contributed by atoms with Gasteiger partial charge < -0.3 is 10.6 Å². The molecule has 8 heteroatoms. The number of nitrogens with zero attached hydrogens (tertiary/aromatic N) is 1. The zero-order valence-electron chi connectivity index (χ0n) is 13.1. The number of aryl methyl sites for hydroxylation is 1. The van der Waals surface area contributed by atoms with E-state index in [-0.39, 0.29) is 0 Å². The molecule has 1 aromatic rings. The number of thioether (sulfide) groups is 1. The van der Waals surface area contributed by atoms with Gasteiger partial charge in [0, 0.05) is 4.88 Å². The molecule has 0 aliphatic carbocycles. The van der Waals surface area contributed by atoms with E-state index in [1.807, 2.05) is 0 Å². The molecule has 0 spiro atoms. The molecule has 0 fully saturated rings. The molecule has 23 heavy (non-hydrogen) atoms. The first-order chi connectivity index (χ1) is 10.6. The van der Waals surface area contributed by atoms with E-state index < -0.39 is 28.1 Å². The summed E-state index contributed by atoms with van der Waals surface area (Å²) in [5, 5.41) is 1.26. The highest BCUT2D eigenvalue weighted by Crippen LogP contribution is 2.49. The summed E-state index contributed by atoms with van der Waals surface area (Å²) in [6, 6.07) is 1.69. The van der Waals surface area contributed by atoms with Crippen molar-refractivity contribution in [1.29, 1.82) is 0 Å². The number of nitrogens with two attached hydrogens (primary N) is 1. The Hall–Kier alpha value is -1.15. The van der Waals surface area contributed by atoms with Gasteiger partial charge in [0.25, 0.3) is 5.91 Å². The van der Waals surface area contributed by atoms with Gasteiger partial charge in [-0.15, -0.1) is 11.3 Å². The molecule has 1 amide bonds. The van der Waals surface area contributed by atoms with E-state index in [0.717, 1.165) is 29.5 Å². The van der Waals surface area contributed by atoms with E-state index in [1.54, 1.807) is 18.4 Å². The van der Waals surface area contributed by atoms with Gasteiger partial charge in [-0.1, -0.05) is 25.6 Å². The number of amides is 1. The molecule has 0 saturated carbocycles. The first-order valence-electron chi connectivity index (χ1n) is 7.26. The molecule has 1 atom stereocenters. The number of anilines is 1. The van der Waals surface area contributed by atoms with Crippen LogP contribution in [0, 0.1) is 5.92 Å². The molecule has 3 nitrogen and oxygen atoms in total. The number of halogens is 3. The van der Waals surface area contributed by atoms with Gasteiger partial charge in [0.05, 0.1) is 11.1 Å². The molecule has 1 aliphatic heterocycles. The Morgan fingerprint density at radius 1 is 1.43 bits per heavy atom. The second-order valence-electron chi connectivity index (χ2n) is 5.79. The highest BCUT2D eigenvalue weighted by molar-refractivity contribution is 8.05. The molecule has 2 rings (SSSR count). The molecule has 0 aromatic carbocycles. The van der Waals surface area contributed by atoms with Gasteiger partial charge in [-0.3, -0.25) is 4.79 Å². The molecule has 2 heterocycles. The summed E-state index contributed by atoms with van der Waals surface area (Å²) in [7, 11) is 0. The number of carbonyl (C=O) groups excluding carboxylic acids is 1. The van der Waals surface area contributed by atoms with Crippen LogP contribution in [0.2, 0.25) is 0 Å². The number of carbonyl (C=O) groups is 1. The number of thiophene rings is 1. The maximum atomic E-state index is 13.5. The Kier molecular flexibility index (Phi) is 5.35. The summed E-state index contributed by atoms with van der Waals surface area (Å²) in [5.74, 6) is -0.565. The van der Waals surface area contributed by atoms with Gasteiger partial charge in [0.15, 0.2) is 0 Å². The first-order valence-corrected chi connectivity index (χ1v) is 9.02. The molecular formula is C15H19F3N2OS2. The molecule has 1 aliphatic rings. The van der Waals surface area contributed by atoms with Crippen LogP contribution in [0.15, 0.2) is 22.0 Å². The summed E-state index contributed by atoms with van der Waals surface area (Å²) >= 11 is 2.31. The van der Waals surface area contributed by atoms with Crippen molar-refractivity contribution in [2.24, 2.45) is 11.7 Å². The van der Waals surface area contributed by atoms with Crippen LogP contribution in [-0.4, -0.2) is 17.5 Å². The second kappa shape index (κ2) is 6.76. The summed E-state index contributed by atoms with van der Waals surface area (Å²) in [4.78, 5) is 13.1. The van der Waals surface area contributed by atoms with Crippen molar-refractivity contribution in [3.63, 3.8) is 0 Å². The Labute approximate surface area is 141 Å². The Balaban J connectivity index is 2.45. The second-order valence-corrected chi connectivity index (χ2v) is 8.12. The highest BCUT2D eigenvalue weighted by atomic mass is 32.2. The molecule has 0 radical (unpaired) electrons. The average Bonchev–Trinajstić information content (AvgIpc) is 2.98. The topological polar surface area (TPSA) is 46.3 Å². The van der Waals surface area contributed by atoms with Crippen molar-refractivity contribution in [3.05, 3.63) is 26.9 Å². The van der Waals surface area contributed by atoms with Crippen molar-refractivity contribution < 1.29 is 18.0 Å². The third-order valence-electron chi connectivity index (χ3n) is 3.53. The monoisotopic (exact) mass is 364 g/mol. The van der Waals surface area contributed by atoms with E-state index in [4.69, 9.17) is 5.73 Å². The number of allylic oxidation sites excluding steroid dienone is 1. The zero-order valence-corrected chi connectivity index (χ0v) is 14.7. The number of hydrogen-bond donors (Lipinski definition) is 1. The van der Waals surface area contributed by atoms with Crippen LogP contribution in [0.3, 0.4) is 0 Å². The van der Waals surface area contributed by atoms with Gasteiger partial charge in [-0.05, 0) is 37.1 Å². The molecule has 128 valence electrons. The van der Waals surface area contributed by atoms with E-state index in [1.165, 1.54) is 16.2 Å². The van der Waals surface area contributed by atoms with Crippen molar-refractivity contribution >= 4 is 34.7 Å². The zero-order chi connectivity index (χ0) is 17.4. The lowest BCUT2D eigenvalue weighted by molar-refractivity contribution is -0.115. The van der Waals surface area contributed by atoms with Crippen LogP contribution < -0.4 is 10.6 Å². The average molecular weight is 364 g/mol. The van der Waals surface area contributed by atoms with Gasteiger partial charge in [-0.25, -0.2) is 0 Å². The van der Waals surface area contributed by atoms with Crippen molar-refractivity contribution in [3.8, 4) is 0 Å². The smallest absolute Gasteiger partial charge is 0.365 e. The van der Waals surface area contributed by atoms with E-state index in [2.05, 4.69) is 13.8 Å². The van der Waals surface area contributed by atoms with Crippen LogP contribution in [0.5, 0.6) is 0 Å². The fourth-order valence-corrected chi connectivity index (χ4v) is 4.47. The van der Waals surface area contributed by atoms with Gasteiger partial charge in [-0.2, -0.15) is 13.2 Å². The predicted octanol–water partition coefficient (Wildman–Crippen LogP) is 4.50. The Morgan fingerprint density at radius 2 is 2.09 bits per heavy atom. The third-order valence-corrected chi connectivity index (χ3v) is 5.68. The maximum absolute atomic E-state index is 13.5. The SMILES string of the molecule is CC(C)CCc1sccc1N1C(C(F)(F)F)=C(C(N)=O)SC1C. The lowest BCUT2D eigenvalue weighted by Crippen LogP contribution is -2.34. The predicted molar refractivity (Wildman–Crippen MR) is 89.3 cm³/mol. The van der Waals surface area contributed by atoms with E-state index >= 15 is 0 Å². The summed E-state index contributed by atoms with van der Waals surface area (Å²) < 4.78 is 40.5. The van der Waals surface area contributed by atoms with Crippen LogP contribution in [0.4, 0.5) is 18.9 Å².